The van der Waals surface area contributed by atoms with Crippen LogP contribution in [-0.2, 0) is 19.1 Å². The lowest BCUT2D eigenvalue weighted by Crippen LogP contribution is -2.46. The maximum absolute atomic E-state index is 13.1. The molecule has 0 spiro atoms. The van der Waals surface area contributed by atoms with Crippen molar-refractivity contribution in [2.45, 2.75) is 49.0 Å². The van der Waals surface area contributed by atoms with Crippen molar-refractivity contribution in [3.05, 3.63) is 35.4 Å². The lowest BCUT2D eigenvalue weighted by molar-refractivity contribution is -0.160. The highest BCUT2D eigenvalue weighted by molar-refractivity contribution is 9.12. The van der Waals surface area contributed by atoms with Gasteiger partial charge < -0.3 is 4.74 Å². The summed E-state index contributed by atoms with van der Waals surface area (Å²) in [5.41, 5.74) is 1.46. The quantitative estimate of drug-likeness (QED) is 0.248. The van der Waals surface area contributed by atoms with E-state index >= 15 is 0 Å². The summed E-state index contributed by atoms with van der Waals surface area (Å²) in [5, 5.41) is 0. The number of imide groups is 1. The Morgan fingerprint density at radius 2 is 1.50 bits per heavy atom. The number of aryl methyl sites for hydroxylation is 1. The summed E-state index contributed by atoms with van der Waals surface area (Å²) in [7, 11) is 0. The normalized spacial score (nSPS) is 34.1. The number of halogens is 2. The van der Waals surface area contributed by atoms with Crippen molar-refractivity contribution < 1.29 is 23.9 Å². The number of hydrogen-bond donors (Lipinski definition) is 0. The first-order chi connectivity index (χ1) is 14.1. The van der Waals surface area contributed by atoms with Crippen LogP contribution < -0.4 is 0 Å². The van der Waals surface area contributed by atoms with E-state index in [0.29, 0.717) is 5.56 Å². The molecule has 1 aliphatic heterocycles. The Balaban J connectivity index is 1.45. The monoisotopic (exact) mass is 539 g/mol. The number of carbonyl (C=O) groups excluding carboxylic acids is 4. The molecule has 1 aromatic rings. The van der Waals surface area contributed by atoms with Crippen molar-refractivity contribution >= 4 is 55.4 Å². The van der Waals surface area contributed by atoms with Gasteiger partial charge in [0.05, 0.1) is 11.8 Å². The minimum absolute atomic E-state index is 0.0797. The lowest BCUT2D eigenvalue weighted by Gasteiger charge is -2.28. The van der Waals surface area contributed by atoms with Crippen LogP contribution in [0.1, 0.15) is 36.2 Å². The van der Waals surface area contributed by atoms with Gasteiger partial charge in [0.1, 0.15) is 6.04 Å². The van der Waals surface area contributed by atoms with Crippen molar-refractivity contribution in [2.24, 2.45) is 23.7 Å². The summed E-state index contributed by atoms with van der Waals surface area (Å²) < 4.78 is 5.35. The van der Waals surface area contributed by atoms with E-state index in [0.717, 1.165) is 16.9 Å². The molecule has 0 N–H and O–H groups in total. The van der Waals surface area contributed by atoms with Gasteiger partial charge in [-0.05, 0) is 39.0 Å². The zero-order chi connectivity index (χ0) is 21.9. The summed E-state index contributed by atoms with van der Waals surface area (Å²) in [5.74, 6) is -2.29. The number of nitrogens with zero attached hydrogens (tertiary/aromatic N) is 1. The van der Waals surface area contributed by atoms with Crippen molar-refractivity contribution in [3.63, 3.8) is 0 Å². The second-order valence-corrected chi connectivity index (χ2v) is 10.7. The third-order valence-electron chi connectivity index (χ3n) is 6.75. The molecule has 0 aromatic heterocycles. The minimum atomic E-state index is -1.06. The molecule has 3 aliphatic rings. The number of ketones is 1. The number of carbonyl (C=O) groups is 4. The van der Waals surface area contributed by atoms with E-state index in [-0.39, 0.29) is 50.9 Å². The number of rotatable bonds is 5. The van der Waals surface area contributed by atoms with Crippen LogP contribution in [-0.4, -0.2) is 50.3 Å². The van der Waals surface area contributed by atoms with Gasteiger partial charge in [-0.1, -0.05) is 61.7 Å². The first-order valence-corrected chi connectivity index (χ1v) is 11.9. The first kappa shape index (κ1) is 21.7. The van der Waals surface area contributed by atoms with E-state index in [1.807, 2.05) is 19.1 Å². The summed E-state index contributed by atoms with van der Waals surface area (Å²) in [4.78, 5) is 52.7. The van der Waals surface area contributed by atoms with Crippen LogP contribution in [0.3, 0.4) is 0 Å². The standard InChI is InChI=1S/C22H23Br2NO5/c1-9-4-6-12(7-5-9)19(26)11(3)30-22(29)10(2)25-20(27)15-13-8-14(16(15)21(25)28)18(24)17(13)23/h4-7,10-11,13-18H,8H2,1-3H3. The third kappa shape index (κ3) is 3.27. The predicted octanol–water partition coefficient (Wildman–Crippen LogP) is 3.28. The summed E-state index contributed by atoms with van der Waals surface area (Å²) in [6.45, 7) is 4.91. The topological polar surface area (TPSA) is 80.8 Å². The summed E-state index contributed by atoms with van der Waals surface area (Å²) in [6, 6.07) is 5.93. The van der Waals surface area contributed by atoms with Crippen LogP contribution in [0.2, 0.25) is 0 Å². The number of benzene rings is 1. The van der Waals surface area contributed by atoms with E-state index in [9.17, 15) is 19.2 Å². The molecule has 2 saturated carbocycles. The molecular weight excluding hydrogens is 518 g/mol. The van der Waals surface area contributed by atoms with E-state index in [1.165, 1.54) is 13.8 Å². The van der Waals surface area contributed by atoms with Crippen molar-refractivity contribution in [1.29, 1.82) is 0 Å². The van der Waals surface area contributed by atoms with Crippen molar-refractivity contribution in [2.75, 3.05) is 0 Å². The molecule has 6 nitrogen and oxygen atoms in total. The maximum Gasteiger partial charge on any atom is 0.329 e. The molecule has 3 fully saturated rings. The average molecular weight is 541 g/mol. The predicted molar refractivity (Wildman–Crippen MR) is 116 cm³/mol. The number of amides is 2. The highest BCUT2D eigenvalue weighted by Gasteiger charge is 2.67. The molecule has 1 heterocycles. The molecule has 2 bridgehead atoms. The number of hydrogen-bond acceptors (Lipinski definition) is 5. The maximum atomic E-state index is 13.1. The molecule has 1 saturated heterocycles. The van der Waals surface area contributed by atoms with Crippen molar-refractivity contribution in [1.82, 2.24) is 4.90 Å². The Bertz CT molecular complexity index is 885. The van der Waals surface area contributed by atoms with Gasteiger partial charge in [0.2, 0.25) is 17.6 Å². The summed E-state index contributed by atoms with van der Waals surface area (Å²) in [6.07, 6.45) is -0.182. The SMILES string of the molecule is Cc1ccc(C(=O)C(C)OC(=O)C(C)N2C(=O)C3C4CC(C(Br)C4Br)C3C2=O)cc1. The summed E-state index contributed by atoms with van der Waals surface area (Å²) >= 11 is 7.30. The average Bonchev–Trinajstić information content (AvgIpc) is 3.32. The van der Waals surface area contributed by atoms with Crippen LogP contribution in [0.25, 0.3) is 0 Å². The van der Waals surface area contributed by atoms with E-state index in [1.54, 1.807) is 12.1 Å². The number of Topliss-reactive ketones (excluding diaryl/α,β-unsaturated/α-hetero) is 1. The molecule has 2 amide bonds. The molecule has 160 valence electrons. The van der Waals surface area contributed by atoms with Gasteiger partial charge in [-0.3, -0.25) is 19.3 Å². The molecule has 0 radical (unpaired) electrons. The van der Waals surface area contributed by atoms with Gasteiger partial charge >= 0.3 is 5.97 Å². The molecule has 1 aromatic carbocycles. The molecule has 30 heavy (non-hydrogen) atoms. The third-order valence-corrected chi connectivity index (χ3v) is 9.95. The van der Waals surface area contributed by atoms with E-state index < -0.39 is 18.1 Å². The second kappa shape index (κ2) is 7.86. The van der Waals surface area contributed by atoms with Gasteiger partial charge in [0.25, 0.3) is 0 Å². The van der Waals surface area contributed by atoms with Crippen LogP contribution >= 0.6 is 31.9 Å². The molecule has 2 aliphatic carbocycles. The van der Waals surface area contributed by atoms with Gasteiger partial charge in [-0.2, -0.15) is 0 Å². The number of esters is 1. The molecule has 8 atom stereocenters. The minimum Gasteiger partial charge on any atom is -0.453 e. The van der Waals surface area contributed by atoms with Crippen LogP contribution in [0.4, 0.5) is 0 Å². The number of likely N-dealkylation sites (tertiary alicyclic amines) is 1. The molecule has 8 unspecified atom stereocenters. The van der Waals surface area contributed by atoms with Crippen LogP contribution in [0.15, 0.2) is 24.3 Å². The van der Waals surface area contributed by atoms with E-state index in [2.05, 4.69) is 31.9 Å². The fourth-order valence-electron chi connectivity index (χ4n) is 5.14. The Labute approximate surface area is 192 Å². The fourth-order valence-corrected chi connectivity index (χ4v) is 7.01. The van der Waals surface area contributed by atoms with Gasteiger partial charge in [-0.15, -0.1) is 0 Å². The smallest absolute Gasteiger partial charge is 0.329 e. The van der Waals surface area contributed by atoms with Crippen molar-refractivity contribution in [3.8, 4) is 0 Å². The fraction of sp³-hybridized carbons (Fsp3) is 0.545. The molecule has 8 heteroatoms. The van der Waals surface area contributed by atoms with Crippen LogP contribution in [0, 0.1) is 30.6 Å². The Kier molecular flexibility index (Phi) is 5.68. The van der Waals surface area contributed by atoms with Gasteiger partial charge in [-0.25, -0.2) is 4.79 Å². The van der Waals surface area contributed by atoms with E-state index in [4.69, 9.17) is 4.74 Å². The largest absolute Gasteiger partial charge is 0.453 e. The number of ether oxygens (including phenoxy) is 1. The number of alkyl halides is 2. The first-order valence-electron chi connectivity index (χ1n) is 10.1. The zero-order valence-corrected chi connectivity index (χ0v) is 20.1. The Morgan fingerprint density at radius 1 is 1.00 bits per heavy atom. The van der Waals surface area contributed by atoms with Gasteiger partial charge in [0.15, 0.2) is 6.10 Å². The molecular formula is C22H23Br2NO5. The molecule has 4 rings (SSSR count). The second-order valence-electron chi connectivity index (χ2n) is 8.54. The highest BCUT2D eigenvalue weighted by atomic mass is 79.9. The zero-order valence-electron chi connectivity index (χ0n) is 16.9. The van der Waals surface area contributed by atoms with Gasteiger partial charge in [0, 0.05) is 15.2 Å². The Hall–Kier alpha value is -1.54. The highest BCUT2D eigenvalue weighted by Crippen LogP contribution is 2.60. The van der Waals surface area contributed by atoms with Crippen LogP contribution in [0.5, 0.6) is 0 Å². The Morgan fingerprint density at radius 3 is 2.00 bits per heavy atom. The lowest BCUT2D eigenvalue weighted by atomic mass is 9.81. The number of fused-ring (bicyclic) bond motifs is 5.